The molecule has 0 bridgehead atoms. The van der Waals surface area contributed by atoms with Gasteiger partial charge in [-0.15, -0.1) is 0 Å². The lowest BCUT2D eigenvalue weighted by molar-refractivity contribution is 0.188. The zero-order chi connectivity index (χ0) is 14.1. The van der Waals surface area contributed by atoms with Crippen molar-refractivity contribution in [1.82, 2.24) is 15.0 Å². The van der Waals surface area contributed by atoms with E-state index in [4.69, 9.17) is 8.94 Å². The van der Waals surface area contributed by atoms with Crippen LogP contribution in [0.15, 0.2) is 21.4 Å². The molecular formula is C16H21N3O2. The molecule has 2 aromatic heterocycles. The SMILES string of the molecule is c1coc(C2CCN(Cc3noc4c3CCCC4)CC2)n1. The quantitative estimate of drug-likeness (QED) is 0.868. The van der Waals surface area contributed by atoms with E-state index in [0.717, 1.165) is 57.0 Å². The van der Waals surface area contributed by atoms with E-state index >= 15 is 0 Å². The largest absolute Gasteiger partial charge is 0.449 e. The molecule has 0 spiro atoms. The molecule has 1 saturated heterocycles. The highest BCUT2D eigenvalue weighted by Gasteiger charge is 2.26. The second-order valence-electron chi connectivity index (χ2n) is 6.16. The molecule has 1 fully saturated rings. The van der Waals surface area contributed by atoms with Crippen molar-refractivity contribution >= 4 is 0 Å². The van der Waals surface area contributed by atoms with Gasteiger partial charge in [0.05, 0.1) is 6.20 Å². The summed E-state index contributed by atoms with van der Waals surface area (Å²) in [5.74, 6) is 2.50. The van der Waals surface area contributed by atoms with Gasteiger partial charge >= 0.3 is 0 Å². The van der Waals surface area contributed by atoms with E-state index in [1.807, 2.05) is 0 Å². The Morgan fingerprint density at radius 2 is 2.05 bits per heavy atom. The summed E-state index contributed by atoms with van der Waals surface area (Å²) in [5.41, 5.74) is 2.55. The van der Waals surface area contributed by atoms with Crippen molar-refractivity contribution in [3.05, 3.63) is 35.4 Å². The highest BCUT2D eigenvalue weighted by molar-refractivity contribution is 5.25. The van der Waals surface area contributed by atoms with Crippen LogP contribution in [0, 0.1) is 0 Å². The molecule has 3 heterocycles. The smallest absolute Gasteiger partial charge is 0.197 e. The van der Waals surface area contributed by atoms with Crippen LogP contribution in [0.5, 0.6) is 0 Å². The second-order valence-corrected chi connectivity index (χ2v) is 6.16. The third-order valence-corrected chi connectivity index (χ3v) is 4.79. The Labute approximate surface area is 124 Å². The van der Waals surface area contributed by atoms with Crippen molar-refractivity contribution in [3.63, 3.8) is 0 Å². The van der Waals surface area contributed by atoms with Gasteiger partial charge in [-0.1, -0.05) is 5.16 Å². The van der Waals surface area contributed by atoms with E-state index in [-0.39, 0.29) is 0 Å². The summed E-state index contributed by atoms with van der Waals surface area (Å²) in [5, 5.41) is 4.31. The van der Waals surface area contributed by atoms with Crippen LogP contribution in [0.4, 0.5) is 0 Å². The molecule has 21 heavy (non-hydrogen) atoms. The molecule has 2 aromatic rings. The van der Waals surface area contributed by atoms with Crippen LogP contribution in [0.1, 0.15) is 54.5 Å². The average molecular weight is 287 g/mol. The molecule has 0 saturated carbocycles. The maximum absolute atomic E-state index is 5.51. The normalized spacial score (nSPS) is 20.6. The lowest BCUT2D eigenvalue weighted by atomic mass is 9.94. The molecule has 0 atom stereocenters. The monoisotopic (exact) mass is 287 g/mol. The van der Waals surface area contributed by atoms with Gasteiger partial charge in [0.25, 0.3) is 0 Å². The Balaban J connectivity index is 1.38. The Hall–Kier alpha value is -1.62. The lowest BCUT2D eigenvalue weighted by Crippen LogP contribution is -2.33. The number of aromatic nitrogens is 2. The van der Waals surface area contributed by atoms with E-state index in [2.05, 4.69) is 15.0 Å². The van der Waals surface area contributed by atoms with E-state index in [1.165, 1.54) is 24.1 Å². The van der Waals surface area contributed by atoms with Crippen LogP contribution in [0.2, 0.25) is 0 Å². The van der Waals surface area contributed by atoms with Crippen LogP contribution in [-0.2, 0) is 19.4 Å². The summed E-state index contributed by atoms with van der Waals surface area (Å²) in [6.07, 6.45) is 10.3. The Morgan fingerprint density at radius 3 is 2.86 bits per heavy atom. The molecule has 0 N–H and O–H groups in total. The van der Waals surface area contributed by atoms with Crippen molar-refractivity contribution in [1.29, 1.82) is 0 Å². The summed E-state index contributed by atoms with van der Waals surface area (Å²) < 4.78 is 10.9. The number of hydrogen-bond donors (Lipinski definition) is 0. The van der Waals surface area contributed by atoms with Crippen molar-refractivity contribution in [2.75, 3.05) is 13.1 Å². The molecule has 1 aliphatic heterocycles. The Bertz CT molecular complexity index is 583. The van der Waals surface area contributed by atoms with Crippen LogP contribution in [0.25, 0.3) is 0 Å². The van der Waals surface area contributed by atoms with Gasteiger partial charge in [-0.3, -0.25) is 4.90 Å². The number of rotatable bonds is 3. The average Bonchev–Trinajstić information content (AvgIpc) is 3.19. The van der Waals surface area contributed by atoms with Crippen LogP contribution in [-0.4, -0.2) is 28.1 Å². The molecule has 0 radical (unpaired) electrons. The van der Waals surface area contributed by atoms with Crippen molar-refractivity contribution in [2.45, 2.75) is 51.0 Å². The first-order chi connectivity index (χ1) is 10.4. The van der Waals surface area contributed by atoms with Crippen LogP contribution < -0.4 is 0 Å². The van der Waals surface area contributed by atoms with E-state index in [1.54, 1.807) is 12.5 Å². The van der Waals surface area contributed by atoms with Gasteiger partial charge in [0.15, 0.2) is 5.89 Å². The number of aryl methyl sites for hydroxylation is 1. The van der Waals surface area contributed by atoms with E-state index in [9.17, 15) is 0 Å². The van der Waals surface area contributed by atoms with Crippen LogP contribution >= 0.6 is 0 Å². The number of likely N-dealkylation sites (tertiary alicyclic amines) is 1. The number of fused-ring (bicyclic) bond motifs is 1. The summed E-state index contributed by atoms with van der Waals surface area (Å²) in [4.78, 5) is 6.76. The first kappa shape index (κ1) is 13.1. The minimum atomic E-state index is 0.475. The third kappa shape index (κ3) is 2.62. The lowest BCUT2D eigenvalue weighted by Gasteiger charge is -2.30. The first-order valence-corrected chi connectivity index (χ1v) is 7.98. The molecule has 4 rings (SSSR count). The van der Waals surface area contributed by atoms with Crippen molar-refractivity contribution < 1.29 is 8.94 Å². The number of piperidine rings is 1. The summed E-state index contributed by atoms with van der Waals surface area (Å²) in [6.45, 7) is 3.08. The summed E-state index contributed by atoms with van der Waals surface area (Å²) in [6, 6.07) is 0. The maximum atomic E-state index is 5.51. The van der Waals surface area contributed by atoms with Gasteiger partial charge in [-0.25, -0.2) is 4.98 Å². The van der Waals surface area contributed by atoms with Gasteiger partial charge in [0, 0.05) is 24.4 Å². The maximum Gasteiger partial charge on any atom is 0.197 e. The molecular weight excluding hydrogens is 266 g/mol. The zero-order valence-corrected chi connectivity index (χ0v) is 12.3. The van der Waals surface area contributed by atoms with E-state index in [0.29, 0.717) is 5.92 Å². The highest BCUT2D eigenvalue weighted by Crippen LogP contribution is 2.29. The van der Waals surface area contributed by atoms with Crippen molar-refractivity contribution in [2.24, 2.45) is 0 Å². The Kier molecular flexibility index (Phi) is 3.51. The van der Waals surface area contributed by atoms with Crippen molar-refractivity contribution in [3.8, 4) is 0 Å². The molecule has 5 nitrogen and oxygen atoms in total. The third-order valence-electron chi connectivity index (χ3n) is 4.79. The minimum Gasteiger partial charge on any atom is -0.449 e. The molecule has 2 aliphatic rings. The fourth-order valence-corrected chi connectivity index (χ4v) is 3.56. The minimum absolute atomic E-state index is 0.475. The molecule has 112 valence electrons. The molecule has 0 aromatic carbocycles. The fourth-order valence-electron chi connectivity index (χ4n) is 3.56. The molecule has 0 amide bonds. The topological polar surface area (TPSA) is 55.3 Å². The highest BCUT2D eigenvalue weighted by atomic mass is 16.5. The number of nitrogens with zero attached hydrogens (tertiary/aromatic N) is 3. The van der Waals surface area contributed by atoms with Crippen LogP contribution in [0.3, 0.4) is 0 Å². The summed E-state index contributed by atoms with van der Waals surface area (Å²) >= 11 is 0. The van der Waals surface area contributed by atoms with Gasteiger partial charge in [0.2, 0.25) is 0 Å². The Morgan fingerprint density at radius 1 is 1.19 bits per heavy atom. The van der Waals surface area contributed by atoms with Gasteiger partial charge in [-0.05, 0) is 45.2 Å². The second kappa shape index (κ2) is 5.64. The van der Waals surface area contributed by atoms with Gasteiger partial charge in [-0.2, -0.15) is 0 Å². The molecule has 5 heteroatoms. The number of hydrogen-bond acceptors (Lipinski definition) is 5. The predicted molar refractivity (Wildman–Crippen MR) is 76.9 cm³/mol. The van der Waals surface area contributed by atoms with Gasteiger partial charge in [0.1, 0.15) is 17.7 Å². The predicted octanol–water partition coefficient (Wildman–Crippen LogP) is 2.92. The zero-order valence-electron chi connectivity index (χ0n) is 12.3. The fraction of sp³-hybridized carbons (Fsp3) is 0.625. The molecule has 1 aliphatic carbocycles. The number of oxazole rings is 1. The molecule has 0 unspecified atom stereocenters. The standard InChI is InChI=1S/C16H21N3O2/c1-2-4-15-13(3-1)14(18-21-15)11-19-8-5-12(6-9-19)16-17-7-10-20-16/h7,10,12H,1-6,8-9,11H2. The van der Waals surface area contributed by atoms with Gasteiger partial charge < -0.3 is 8.94 Å². The summed E-state index contributed by atoms with van der Waals surface area (Å²) in [7, 11) is 0. The van der Waals surface area contributed by atoms with E-state index < -0.39 is 0 Å². The first-order valence-electron chi connectivity index (χ1n) is 7.98.